The van der Waals surface area contributed by atoms with Crippen molar-refractivity contribution in [2.24, 2.45) is 5.92 Å². The van der Waals surface area contributed by atoms with Crippen molar-refractivity contribution < 1.29 is 0 Å². The first-order valence-corrected chi connectivity index (χ1v) is 4.84. The maximum atomic E-state index is 5.60. The molecule has 3 nitrogen and oxygen atoms in total. The van der Waals surface area contributed by atoms with Crippen LogP contribution in [0.15, 0.2) is 10.8 Å². The molecule has 66 valence electrons. The van der Waals surface area contributed by atoms with Crippen molar-refractivity contribution in [2.75, 3.05) is 5.73 Å². The van der Waals surface area contributed by atoms with E-state index in [4.69, 9.17) is 5.73 Å². The molecule has 4 heteroatoms. The van der Waals surface area contributed by atoms with E-state index in [1.807, 2.05) is 0 Å². The molecule has 0 unspecified atom stereocenters. The molecule has 0 atom stereocenters. The van der Waals surface area contributed by atoms with Gasteiger partial charge in [0.15, 0.2) is 11.5 Å². The third-order valence-electron chi connectivity index (χ3n) is 1.74. The number of aromatic nitrogens is 2. The fourth-order valence-electron chi connectivity index (χ4n) is 0.867. The van der Waals surface area contributed by atoms with E-state index in [2.05, 4.69) is 37.7 Å². The second-order valence-corrected chi connectivity index (χ2v) is 3.78. The molecule has 0 radical (unpaired) electrons. The van der Waals surface area contributed by atoms with E-state index in [0.29, 0.717) is 22.0 Å². The van der Waals surface area contributed by atoms with Gasteiger partial charge in [0.05, 0.1) is 6.20 Å². The number of hydrogen-bond donors (Lipinski definition) is 1. The first kappa shape index (κ1) is 8.52. The first-order valence-electron chi connectivity index (χ1n) is 4.05. The lowest BCUT2D eigenvalue weighted by atomic mass is 10.3. The fourth-order valence-corrected chi connectivity index (χ4v) is 1.15. The van der Waals surface area contributed by atoms with Crippen molar-refractivity contribution in [3.63, 3.8) is 0 Å². The Labute approximate surface area is 84.9 Å². The monoisotopic (exact) mass is 237 g/mol. The summed E-state index contributed by atoms with van der Waals surface area (Å²) in [6.07, 6.45) is 3.97. The second kappa shape index (κ2) is 3.35. The van der Waals surface area contributed by atoms with E-state index in [0.717, 1.165) is 0 Å². The summed E-state index contributed by atoms with van der Waals surface area (Å²) in [7, 11) is 0. The van der Waals surface area contributed by atoms with Crippen LogP contribution in [0, 0.1) is 17.8 Å². The van der Waals surface area contributed by atoms with Gasteiger partial charge in [-0.15, -0.1) is 0 Å². The van der Waals surface area contributed by atoms with Gasteiger partial charge in [-0.1, -0.05) is 5.92 Å². The lowest BCUT2D eigenvalue weighted by molar-refractivity contribution is 1.14. The molecule has 1 aliphatic rings. The van der Waals surface area contributed by atoms with Crippen LogP contribution in [0.25, 0.3) is 0 Å². The van der Waals surface area contributed by atoms with Gasteiger partial charge in [0.2, 0.25) is 0 Å². The molecule has 0 bridgehead atoms. The fraction of sp³-hybridized carbons (Fsp3) is 0.333. The SMILES string of the molecule is Nc1ncc(Br)nc1C#CC1CC1. The van der Waals surface area contributed by atoms with Crippen LogP contribution in [0.4, 0.5) is 5.82 Å². The Kier molecular flexibility index (Phi) is 2.19. The summed E-state index contributed by atoms with van der Waals surface area (Å²) in [6, 6.07) is 0. The normalized spacial score (nSPS) is 14.8. The maximum absolute atomic E-state index is 5.60. The molecule has 1 saturated carbocycles. The molecular weight excluding hydrogens is 230 g/mol. The average molecular weight is 238 g/mol. The Bertz CT molecular complexity index is 388. The summed E-state index contributed by atoms with van der Waals surface area (Å²) >= 11 is 3.22. The summed E-state index contributed by atoms with van der Waals surface area (Å²) in [6.45, 7) is 0. The van der Waals surface area contributed by atoms with Gasteiger partial charge in [0.1, 0.15) is 4.60 Å². The summed E-state index contributed by atoms with van der Waals surface area (Å²) in [5.41, 5.74) is 6.17. The zero-order chi connectivity index (χ0) is 9.26. The number of nitrogens with two attached hydrogens (primary N) is 1. The molecule has 0 spiro atoms. The molecule has 1 aromatic rings. The van der Waals surface area contributed by atoms with Gasteiger partial charge in [0, 0.05) is 5.92 Å². The predicted octanol–water partition coefficient (Wildman–Crippen LogP) is 1.58. The van der Waals surface area contributed by atoms with Crippen LogP contribution >= 0.6 is 15.9 Å². The van der Waals surface area contributed by atoms with Gasteiger partial charge < -0.3 is 5.73 Å². The van der Waals surface area contributed by atoms with Crippen LogP contribution in [0.5, 0.6) is 0 Å². The van der Waals surface area contributed by atoms with Crippen molar-refractivity contribution in [1.29, 1.82) is 0 Å². The Balaban J connectivity index is 2.28. The Morgan fingerprint density at radius 3 is 3.00 bits per heavy atom. The minimum Gasteiger partial charge on any atom is -0.381 e. The van der Waals surface area contributed by atoms with Crippen molar-refractivity contribution in [3.8, 4) is 11.8 Å². The Hall–Kier alpha value is -1.08. The molecule has 0 amide bonds. The molecule has 2 N–H and O–H groups in total. The molecule has 1 aromatic heterocycles. The maximum Gasteiger partial charge on any atom is 0.158 e. The molecule has 1 fully saturated rings. The lowest BCUT2D eigenvalue weighted by Gasteiger charge is -1.95. The highest BCUT2D eigenvalue weighted by molar-refractivity contribution is 9.10. The van der Waals surface area contributed by atoms with E-state index < -0.39 is 0 Å². The van der Waals surface area contributed by atoms with Crippen LogP contribution in [0.3, 0.4) is 0 Å². The molecular formula is C9H8BrN3. The van der Waals surface area contributed by atoms with E-state index in [9.17, 15) is 0 Å². The van der Waals surface area contributed by atoms with Gasteiger partial charge in [-0.05, 0) is 34.7 Å². The number of rotatable bonds is 0. The molecule has 1 heterocycles. The number of nitrogen functional groups attached to an aromatic ring is 1. The van der Waals surface area contributed by atoms with Crippen LogP contribution in [-0.2, 0) is 0 Å². The van der Waals surface area contributed by atoms with Crippen molar-refractivity contribution >= 4 is 21.7 Å². The highest BCUT2D eigenvalue weighted by Gasteiger charge is 2.17. The molecule has 0 aliphatic heterocycles. The van der Waals surface area contributed by atoms with Crippen LogP contribution < -0.4 is 5.73 Å². The minimum atomic E-state index is 0.399. The Morgan fingerprint density at radius 2 is 2.31 bits per heavy atom. The third kappa shape index (κ3) is 2.19. The quantitative estimate of drug-likeness (QED) is 0.698. The molecule has 13 heavy (non-hydrogen) atoms. The van der Waals surface area contributed by atoms with E-state index >= 15 is 0 Å². The van der Waals surface area contributed by atoms with Crippen LogP contribution in [0.1, 0.15) is 18.5 Å². The second-order valence-electron chi connectivity index (χ2n) is 2.97. The number of nitrogens with zero attached hydrogens (tertiary/aromatic N) is 2. The highest BCUT2D eigenvalue weighted by atomic mass is 79.9. The topological polar surface area (TPSA) is 51.8 Å². The van der Waals surface area contributed by atoms with E-state index in [-0.39, 0.29) is 0 Å². The first-order chi connectivity index (χ1) is 6.25. The zero-order valence-corrected chi connectivity index (χ0v) is 8.50. The van der Waals surface area contributed by atoms with Gasteiger partial charge >= 0.3 is 0 Å². The van der Waals surface area contributed by atoms with Crippen molar-refractivity contribution in [2.45, 2.75) is 12.8 Å². The summed E-state index contributed by atoms with van der Waals surface area (Å²) in [5.74, 6) is 6.98. The molecule has 1 aliphatic carbocycles. The van der Waals surface area contributed by atoms with Gasteiger partial charge in [-0.2, -0.15) is 0 Å². The van der Waals surface area contributed by atoms with Gasteiger partial charge in [0.25, 0.3) is 0 Å². The van der Waals surface area contributed by atoms with E-state index in [1.54, 1.807) is 6.20 Å². The van der Waals surface area contributed by atoms with E-state index in [1.165, 1.54) is 12.8 Å². The predicted molar refractivity (Wildman–Crippen MR) is 53.7 cm³/mol. The van der Waals surface area contributed by atoms with Crippen molar-refractivity contribution in [1.82, 2.24) is 9.97 Å². The van der Waals surface area contributed by atoms with Gasteiger partial charge in [-0.25, -0.2) is 9.97 Å². The summed E-state index contributed by atoms with van der Waals surface area (Å²) in [5, 5.41) is 0. The minimum absolute atomic E-state index is 0.399. The molecule has 0 saturated heterocycles. The summed E-state index contributed by atoms with van der Waals surface area (Å²) < 4.78 is 0.668. The number of anilines is 1. The highest BCUT2D eigenvalue weighted by Crippen LogP contribution is 2.27. The molecule has 0 aromatic carbocycles. The standard InChI is InChI=1S/C9H8BrN3/c10-8-5-12-9(11)7(13-8)4-3-6-1-2-6/h5-6H,1-2H2,(H2,11,12). The third-order valence-corrected chi connectivity index (χ3v) is 2.13. The zero-order valence-electron chi connectivity index (χ0n) is 6.92. The number of hydrogen-bond acceptors (Lipinski definition) is 3. The summed E-state index contributed by atoms with van der Waals surface area (Å²) in [4.78, 5) is 8.07. The van der Waals surface area contributed by atoms with Crippen LogP contribution in [-0.4, -0.2) is 9.97 Å². The largest absolute Gasteiger partial charge is 0.381 e. The lowest BCUT2D eigenvalue weighted by Crippen LogP contribution is -1.97. The number of halogens is 1. The van der Waals surface area contributed by atoms with Crippen LogP contribution in [0.2, 0.25) is 0 Å². The van der Waals surface area contributed by atoms with Crippen molar-refractivity contribution in [3.05, 3.63) is 16.5 Å². The van der Waals surface area contributed by atoms with Gasteiger partial charge in [-0.3, -0.25) is 0 Å². The smallest absolute Gasteiger partial charge is 0.158 e. The average Bonchev–Trinajstić information content (AvgIpc) is 2.90. The Morgan fingerprint density at radius 1 is 1.54 bits per heavy atom. The molecule has 2 rings (SSSR count).